The number of hydrogen-bond donors (Lipinski definition) is 1. The monoisotopic (exact) mass is 360 g/mol. The molecule has 5 nitrogen and oxygen atoms in total. The van der Waals surface area contributed by atoms with Crippen LogP contribution in [-0.4, -0.2) is 33.4 Å². The van der Waals surface area contributed by atoms with Gasteiger partial charge in [-0.3, -0.25) is 9.78 Å². The smallest absolute Gasteiger partial charge is 0.337 e. The number of halogens is 1. The third-order valence-electron chi connectivity index (χ3n) is 3.75. The quantitative estimate of drug-likeness (QED) is 0.893. The molecule has 1 aromatic heterocycles. The van der Waals surface area contributed by atoms with Gasteiger partial charge in [-0.15, -0.1) is 0 Å². The number of carbonyl (C=O) groups excluding carboxylic acids is 1. The van der Waals surface area contributed by atoms with Crippen molar-refractivity contribution in [2.75, 3.05) is 6.54 Å². The summed E-state index contributed by atoms with van der Waals surface area (Å²) >= 11 is 3.34. The maximum atomic E-state index is 12.5. The minimum Gasteiger partial charge on any atom is -0.478 e. The number of hydrogen-bond acceptors (Lipinski definition) is 3. The van der Waals surface area contributed by atoms with E-state index in [1.54, 1.807) is 23.2 Å². The topological polar surface area (TPSA) is 70.5 Å². The first-order chi connectivity index (χ1) is 10.6. The highest BCUT2D eigenvalue weighted by Crippen LogP contribution is 2.23. The van der Waals surface area contributed by atoms with Gasteiger partial charge >= 0.3 is 5.97 Å². The third kappa shape index (κ3) is 2.74. The molecule has 0 fully saturated rings. The van der Waals surface area contributed by atoms with E-state index in [0.29, 0.717) is 25.1 Å². The fourth-order valence-electron chi connectivity index (χ4n) is 2.63. The summed E-state index contributed by atoms with van der Waals surface area (Å²) in [5.74, 6) is -1.03. The molecule has 1 aromatic carbocycles. The van der Waals surface area contributed by atoms with Gasteiger partial charge in [-0.1, -0.05) is 15.9 Å². The fourth-order valence-corrected chi connectivity index (χ4v) is 2.89. The second-order valence-electron chi connectivity index (χ2n) is 5.11. The van der Waals surface area contributed by atoms with Gasteiger partial charge in [-0.05, 0) is 41.8 Å². The lowest BCUT2D eigenvalue weighted by Crippen LogP contribution is -2.36. The van der Waals surface area contributed by atoms with Crippen LogP contribution in [0.5, 0.6) is 0 Å². The van der Waals surface area contributed by atoms with E-state index in [1.807, 2.05) is 12.1 Å². The summed E-state index contributed by atoms with van der Waals surface area (Å²) in [5, 5.41) is 9.19. The van der Waals surface area contributed by atoms with E-state index >= 15 is 0 Å². The third-order valence-corrected chi connectivity index (χ3v) is 4.28. The number of amides is 1. The summed E-state index contributed by atoms with van der Waals surface area (Å²) in [5.41, 5.74) is 2.43. The zero-order valence-electron chi connectivity index (χ0n) is 11.6. The molecule has 0 atom stereocenters. The van der Waals surface area contributed by atoms with Crippen molar-refractivity contribution in [2.45, 2.75) is 13.0 Å². The highest BCUT2D eigenvalue weighted by molar-refractivity contribution is 9.10. The lowest BCUT2D eigenvalue weighted by molar-refractivity contribution is 0.0693. The van der Waals surface area contributed by atoms with Gasteiger partial charge in [0.25, 0.3) is 5.91 Å². The standard InChI is InChI=1S/C16H13BrN2O3/c17-12-3-1-10(2-4-12)15(20)19-6-5-13-11(9-19)7-18-8-14(13)16(21)22/h1-4,7-8H,5-6,9H2,(H,21,22). The average Bonchev–Trinajstić information content (AvgIpc) is 2.53. The minimum absolute atomic E-state index is 0.0566. The summed E-state index contributed by atoms with van der Waals surface area (Å²) in [7, 11) is 0. The molecule has 1 amide bonds. The normalized spacial score (nSPS) is 13.6. The van der Waals surface area contributed by atoms with Crippen molar-refractivity contribution in [3.63, 3.8) is 0 Å². The van der Waals surface area contributed by atoms with Crippen LogP contribution in [0.3, 0.4) is 0 Å². The Kier molecular flexibility index (Phi) is 3.94. The number of pyridine rings is 1. The molecule has 0 spiro atoms. The van der Waals surface area contributed by atoms with Gasteiger partial charge < -0.3 is 10.0 Å². The fraction of sp³-hybridized carbons (Fsp3) is 0.188. The number of fused-ring (bicyclic) bond motifs is 1. The van der Waals surface area contributed by atoms with Gasteiger partial charge in [-0.2, -0.15) is 0 Å². The van der Waals surface area contributed by atoms with Crippen LogP contribution in [0.2, 0.25) is 0 Å². The van der Waals surface area contributed by atoms with Crippen molar-refractivity contribution in [3.8, 4) is 0 Å². The van der Waals surface area contributed by atoms with Gasteiger partial charge in [0.05, 0.1) is 5.56 Å². The zero-order chi connectivity index (χ0) is 15.7. The van der Waals surface area contributed by atoms with Crippen molar-refractivity contribution in [2.24, 2.45) is 0 Å². The Morgan fingerprint density at radius 1 is 1.18 bits per heavy atom. The molecule has 0 unspecified atom stereocenters. The number of rotatable bonds is 2. The highest BCUT2D eigenvalue weighted by Gasteiger charge is 2.25. The van der Waals surface area contributed by atoms with Crippen LogP contribution in [0, 0.1) is 0 Å². The molecule has 1 N–H and O–H groups in total. The SMILES string of the molecule is O=C(O)c1cncc2c1CCN(C(=O)c1ccc(Br)cc1)C2. The van der Waals surface area contributed by atoms with Crippen LogP contribution in [0.15, 0.2) is 41.1 Å². The Morgan fingerprint density at radius 3 is 2.59 bits per heavy atom. The van der Waals surface area contributed by atoms with Gasteiger partial charge in [0, 0.05) is 35.5 Å². The molecule has 0 saturated heterocycles. The number of carboxylic acids is 1. The number of aromatic carboxylic acids is 1. The summed E-state index contributed by atoms with van der Waals surface area (Å²) in [4.78, 5) is 29.4. The molecule has 0 bridgehead atoms. The molecule has 2 heterocycles. The zero-order valence-corrected chi connectivity index (χ0v) is 13.2. The average molecular weight is 361 g/mol. The molecule has 1 aliphatic rings. The van der Waals surface area contributed by atoms with Crippen molar-refractivity contribution in [1.82, 2.24) is 9.88 Å². The molecule has 3 rings (SSSR count). The maximum absolute atomic E-state index is 12.5. The first kappa shape index (κ1) is 14.7. The van der Waals surface area contributed by atoms with Crippen LogP contribution in [-0.2, 0) is 13.0 Å². The minimum atomic E-state index is -0.975. The molecule has 22 heavy (non-hydrogen) atoms. The number of nitrogens with zero attached hydrogens (tertiary/aromatic N) is 2. The molecule has 2 aromatic rings. The van der Waals surface area contributed by atoms with Crippen molar-refractivity contribution in [3.05, 3.63) is 63.4 Å². The van der Waals surface area contributed by atoms with E-state index in [-0.39, 0.29) is 11.5 Å². The number of carbonyl (C=O) groups is 2. The van der Waals surface area contributed by atoms with Crippen LogP contribution in [0.4, 0.5) is 0 Å². The molecule has 1 aliphatic heterocycles. The summed E-state index contributed by atoms with van der Waals surface area (Å²) in [6.07, 6.45) is 3.54. The lowest BCUT2D eigenvalue weighted by atomic mass is 9.96. The molecule has 0 radical (unpaired) electrons. The van der Waals surface area contributed by atoms with Gasteiger partial charge in [0.15, 0.2) is 0 Å². The van der Waals surface area contributed by atoms with E-state index in [9.17, 15) is 14.7 Å². The predicted octanol–water partition coefficient (Wildman–Crippen LogP) is 2.74. The Hall–Kier alpha value is -2.21. The Labute approximate surface area is 135 Å². The Bertz CT molecular complexity index is 744. The van der Waals surface area contributed by atoms with E-state index in [4.69, 9.17) is 0 Å². The molecule has 0 aliphatic carbocycles. The van der Waals surface area contributed by atoms with Crippen LogP contribution >= 0.6 is 15.9 Å². The highest BCUT2D eigenvalue weighted by atomic mass is 79.9. The van der Waals surface area contributed by atoms with Gasteiger partial charge in [0.2, 0.25) is 0 Å². The first-order valence-electron chi connectivity index (χ1n) is 6.80. The molecule has 0 saturated carbocycles. The van der Waals surface area contributed by atoms with Gasteiger partial charge in [-0.25, -0.2) is 4.79 Å². The Morgan fingerprint density at radius 2 is 1.91 bits per heavy atom. The Balaban J connectivity index is 1.85. The van der Waals surface area contributed by atoms with Crippen LogP contribution < -0.4 is 0 Å². The van der Waals surface area contributed by atoms with E-state index in [1.165, 1.54) is 6.20 Å². The van der Waals surface area contributed by atoms with E-state index in [2.05, 4.69) is 20.9 Å². The largest absolute Gasteiger partial charge is 0.478 e. The predicted molar refractivity (Wildman–Crippen MR) is 83.8 cm³/mol. The van der Waals surface area contributed by atoms with E-state index < -0.39 is 5.97 Å². The number of benzene rings is 1. The van der Waals surface area contributed by atoms with Crippen molar-refractivity contribution in [1.29, 1.82) is 0 Å². The summed E-state index contributed by atoms with van der Waals surface area (Å²) < 4.78 is 0.920. The molecular formula is C16H13BrN2O3. The van der Waals surface area contributed by atoms with Crippen LogP contribution in [0.1, 0.15) is 31.8 Å². The molecular weight excluding hydrogens is 348 g/mol. The summed E-state index contributed by atoms with van der Waals surface area (Å²) in [6, 6.07) is 7.20. The first-order valence-corrected chi connectivity index (χ1v) is 7.59. The number of aromatic nitrogens is 1. The maximum Gasteiger partial charge on any atom is 0.337 e. The number of carboxylic acid groups (broad SMARTS) is 1. The molecule has 112 valence electrons. The van der Waals surface area contributed by atoms with Crippen molar-refractivity contribution >= 4 is 27.8 Å². The van der Waals surface area contributed by atoms with E-state index in [0.717, 1.165) is 15.6 Å². The van der Waals surface area contributed by atoms with Gasteiger partial charge in [0.1, 0.15) is 0 Å². The second kappa shape index (κ2) is 5.88. The molecule has 6 heteroatoms. The van der Waals surface area contributed by atoms with Crippen molar-refractivity contribution < 1.29 is 14.7 Å². The second-order valence-corrected chi connectivity index (χ2v) is 6.03. The lowest BCUT2D eigenvalue weighted by Gasteiger charge is -2.29. The summed E-state index contributed by atoms with van der Waals surface area (Å²) in [6.45, 7) is 0.893. The van der Waals surface area contributed by atoms with Crippen LogP contribution in [0.25, 0.3) is 0 Å².